The van der Waals surface area contributed by atoms with E-state index >= 15 is 0 Å². The van der Waals surface area contributed by atoms with Crippen LogP contribution in [0.15, 0.2) is 12.1 Å². The van der Waals surface area contributed by atoms with E-state index in [1.165, 1.54) is 0 Å². The molecule has 4 rings (SSSR count). The lowest BCUT2D eigenvalue weighted by Crippen LogP contribution is -2.26. The molecule has 3 heterocycles. The summed E-state index contributed by atoms with van der Waals surface area (Å²) in [5.41, 5.74) is 6.59. The molecule has 1 aromatic heterocycles. The summed E-state index contributed by atoms with van der Waals surface area (Å²) in [6.07, 6.45) is 2.37. The van der Waals surface area contributed by atoms with Gasteiger partial charge >= 0.3 is 0 Å². The predicted octanol–water partition coefficient (Wildman–Crippen LogP) is 3.44. The monoisotopic (exact) mass is 411 g/mol. The molecule has 1 fully saturated rings. The third-order valence-electron chi connectivity index (χ3n) is 5.67. The molecule has 0 bridgehead atoms. The van der Waals surface area contributed by atoms with Gasteiger partial charge in [-0.2, -0.15) is 0 Å². The van der Waals surface area contributed by atoms with Crippen LogP contribution in [0, 0.1) is 22.2 Å². The molecule has 2 aliphatic rings. The Hall–Kier alpha value is -2.13. The molecule has 0 aliphatic carbocycles. The lowest BCUT2D eigenvalue weighted by Gasteiger charge is -2.18. The van der Waals surface area contributed by atoms with Crippen LogP contribution in [0.1, 0.15) is 48.0 Å². The molecule has 2 aliphatic heterocycles. The molecule has 1 aromatic carbocycles. The summed E-state index contributed by atoms with van der Waals surface area (Å²) in [5.74, 6) is -4.83. The van der Waals surface area contributed by atoms with Crippen molar-refractivity contribution in [3.63, 3.8) is 0 Å². The number of fused-ring (bicyclic) bond motifs is 1. The smallest absolute Gasteiger partial charge is 0.226 e. The number of nitrogens with one attached hydrogen (secondary N) is 1. The van der Waals surface area contributed by atoms with Gasteiger partial charge in [0.1, 0.15) is 5.82 Å². The van der Waals surface area contributed by atoms with Crippen molar-refractivity contribution >= 4 is 18.1 Å². The average molecular weight is 411 g/mol. The quantitative estimate of drug-likeness (QED) is 0.585. The van der Waals surface area contributed by atoms with Crippen LogP contribution in [-0.2, 0) is 22.5 Å². The van der Waals surface area contributed by atoms with Crippen molar-refractivity contribution in [2.75, 3.05) is 6.61 Å². The number of halogens is 3. The first kappa shape index (κ1) is 19.2. The van der Waals surface area contributed by atoms with Gasteiger partial charge < -0.3 is 20.0 Å². The standard InChI is InChI=1S/C19H20F3N3O2S/c20-12-3-4-13(21)16(22)15(12)9-6-14-17(24-19(28)25(14)8-9)11(18(23)26)7-10-2-1-5-27-10/h3-4,9-11H,1-2,5-8H2,(H2,23,26)(H,24,28)/t9-,10-,11?/m0/s1. The van der Waals surface area contributed by atoms with Crippen molar-refractivity contribution < 1.29 is 22.7 Å². The zero-order chi connectivity index (χ0) is 20.0. The summed E-state index contributed by atoms with van der Waals surface area (Å²) in [6, 6.07) is 1.69. The fraction of sp³-hybridized carbons (Fsp3) is 0.474. The first-order chi connectivity index (χ1) is 13.4. The normalized spacial score (nSPS) is 22.4. The number of carbonyl (C=O) groups excluding carboxylic acids is 1. The second-order valence-electron chi connectivity index (χ2n) is 7.38. The lowest BCUT2D eigenvalue weighted by atomic mass is 9.91. The lowest BCUT2D eigenvalue weighted by molar-refractivity contribution is -0.120. The van der Waals surface area contributed by atoms with Crippen LogP contribution in [0.3, 0.4) is 0 Å². The van der Waals surface area contributed by atoms with Gasteiger partial charge in [0.05, 0.1) is 12.0 Å². The van der Waals surface area contributed by atoms with Gasteiger partial charge in [0, 0.05) is 36.0 Å². The van der Waals surface area contributed by atoms with Gasteiger partial charge in [-0.05, 0) is 50.0 Å². The third-order valence-corrected chi connectivity index (χ3v) is 5.99. The Morgan fingerprint density at radius 2 is 2.11 bits per heavy atom. The number of imidazole rings is 1. The number of amides is 1. The number of benzene rings is 1. The topological polar surface area (TPSA) is 73.0 Å². The molecule has 1 saturated heterocycles. The van der Waals surface area contributed by atoms with Crippen LogP contribution in [0.25, 0.3) is 0 Å². The molecule has 1 amide bonds. The fourth-order valence-corrected chi connectivity index (χ4v) is 4.62. The molecule has 28 heavy (non-hydrogen) atoms. The summed E-state index contributed by atoms with van der Waals surface area (Å²) in [4.78, 5) is 15.2. The zero-order valence-corrected chi connectivity index (χ0v) is 15.8. The minimum atomic E-state index is -1.18. The molecule has 2 aromatic rings. The van der Waals surface area contributed by atoms with E-state index in [0.717, 1.165) is 25.0 Å². The number of rotatable bonds is 5. The first-order valence-electron chi connectivity index (χ1n) is 9.22. The summed E-state index contributed by atoms with van der Waals surface area (Å²) in [7, 11) is 0. The van der Waals surface area contributed by atoms with E-state index in [1.54, 1.807) is 4.57 Å². The number of nitrogens with zero attached hydrogens (tertiary/aromatic N) is 1. The largest absolute Gasteiger partial charge is 0.378 e. The van der Waals surface area contributed by atoms with E-state index in [1.807, 2.05) is 0 Å². The number of aromatic nitrogens is 2. The van der Waals surface area contributed by atoms with Gasteiger partial charge in [-0.3, -0.25) is 4.79 Å². The number of primary amides is 1. The molecule has 1 unspecified atom stereocenters. The number of nitrogens with two attached hydrogens (primary N) is 1. The van der Waals surface area contributed by atoms with E-state index in [4.69, 9.17) is 22.7 Å². The van der Waals surface area contributed by atoms with Crippen LogP contribution < -0.4 is 5.73 Å². The molecule has 0 radical (unpaired) electrons. The molecule has 3 N–H and O–H groups in total. The third kappa shape index (κ3) is 3.26. The Morgan fingerprint density at radius 3 is 2.79 bits per heavy atom. The Kier molecular flexibility index (Phi) is 5.05. The summed E-state index contributed by atoms with van der Waals surface area (Å²) >= 11 is 5.34. The van der Waals surface area contributed by atoms with Crippen molar-refractivity contribution in [1.29, 1.82) is 0 Å². The second-order valence-corrected chi connectivity index (χ2v) is 7.77. The molecular weight excluding hydrogens is 391 g/mol. The van der Waals surface area contributed by atoms with E-state index in [0.29, 0.717) is 29.2 Å². The maximum atomic E-state index is 14.3. The minimum Gasteiger partial charge on any atom is -0.378 e. The summed E-state index contributed by atoms with van der Waals surface area (Å²) in [6.45, 7) is 0.855. The Morgan fingerprint density at radius 1 is 1.36 bits per heavy atom. The molecule has 5 nitrogen and oxygen atoms in total. The van der Waals surface area contributed by atoms with Crippen LogP contribution in [-0.4, -0.2) is 28.2 Å². The minimum absolute atomic E-state index is 0.0645. The second kappa shape index (κ2) is 7.36. The number of ether oxygens (including phenoxy) is 1. The summed E-state index contributed by atoms with van der Waals surface area (Å²) in [5, 5.41) is 0. The van der Waals surface area contributed by atoms with Gasteiger partial charge in [-0.25, -0.2) is 13.2 Å². The van der Waals surface area contributed by atoms with E-state index < -0.39 is 35.2 Å². The highest BCUT2D eigenvalue weighted by Gasteiger charge is 2.36. The number of aromatic amines is 1. The number of H-pyrrole nitrogens is 1. The van der Waals surface area contributed by atoms with Gasteiger partial charge in [0.15, 0.2) is 16.4 Å². The molecule has 0 spiro atoms. The first-order valence-corrected chi connectivity index (χ1v) is 9.63. The van der Waals surface area contributed by atoms with Crippen LogP contribution in [0.2, 0.25) is 0 Å². The van der Waals surface area contributed by atoms with E-state index in [-0.39, 0.29) is 24.6 Å². The van der Waals surface area contributed by atoms with Crippen molar-refractivity contribution in [1.82, 2.24) is 9.55 Å². The SMILES string of the molecule is NC(=O)C(C[C@@H]1CCCO1)c1[nH]c(=S)n2c1C[C@H](c1c(F)ccc(F)c1F)C2. The molecule has 0 saturated carbocycles. The molecule has 9 heteroatoms. The van der Waals surface area contributed by atoms with E-state index in [2.05, 4.69) is 4.98 Å². The van der Waals surface area contributed by atoms with Crippen molar-refractivity contribution in [2.24, 2.45) is 5.73 Å². The Bertz CT molecular complexity index is 982. The predicted molar refractivity (Wildman–Crippen MR) is 97.9 cm³/mol. The highest BCUT2D eigenvalue weighted by Crippen LogP contribution is 2.38. The number of hydrogen-bond acceptors (Lipinski definition) is 3. The molecular formula is C19H20F3N3O2S. The number of carbonyl (C=O) groups is 1. The van der Waals surface area contributed by atoms with Crippen LogP contribution in [0.5, 0.6) is 0 Å². The zero-order valence-electron chi connectivity index (χ0n) is 15.0. The Labute approximate surface area is 164 Å². The fourth-order valence-electron chi connectivity index (χ4n) is 4.32. The van der Waals surface area contributed by atoms with Gasteiger partial charge in [0.2, 0.25) is 5.91 Å². The van der Waals surface area contributed by atoms with Crippen molar-refractivity contribution in [2.45, 2.75) is 50.2 Å². The van der Waals surface area contributed by atoms with Gasteiger partial charge in [0.25, 0.3) is 0 Å². The molecule has 3 atom stereocenters. The van der Waals surface area contributed by atoms with Crippen molar-refractivity contribution in [3.05, 3.63) is 51.3 Å². The maximum absolute atomic E-state index is 14.3. The average Bonchev–Trinajstić information content (AvgIpc) is 3.36. The summed E-state index contributed by atoms with van der Waals surface area (Å²) < 4.78 is 49.8. The van der Waals surface area contributed by atoms with Crippen LogP contribution in [0.4, 0.5) is 13.2 Å². The highest BCUT2D eigenvalue weighted by molar-refractivity contribution is 7.71. The van der Waals surface area contributed by atoms with Gasteiger partial charge in [-0.1, -0.05) is 0 Å². The van der Waals surface area contributed by atoms with Crippen molar-refractivity contribution in [3.8, 4) is 0 Å². The maximum Gasteiger partial charge on any atom is 0.226 e. The number of hydrogen-bond donors (Lipinski definition) is 2. The van der Waals surface area contributed by atoms with E-state index in [9.17, 15) is 18.0 Å². The van der Waals surface area contributed by atoms with Gasteiger partial charge in [-0.15, -0.1) is 0 Å². The van der Waals surface area contributed by atoms with Crippen LogP contribution >= 0.6 is 12.2 Å². The Balaban J connectivity index is 1.68. The highest BCUT2D eigenvalue weighted by atomic mass is 32.1. The molecule has 150 valence electrons.